The van der Waals surface area contributed by atoms with E-state index < -0.39 is 12.1 Å². The Hall–Kier alpha value is -4.46. The topological polar surface area (TPSA) is 90.9 Å². The van der Waals surface area contributed by atoms with Gasteiger partial charge in [0.15, 0.2) is 0 Å². The molecule has 4 aromatic carbocycles. The number of aliphatic hydroxyl groups is 1. The van der Waals surface area contributed by atoms with Gasteiger partial charge in [0.05, 0.1) is 19.3 Å². The number of rotatable bonds is 16. The molecule has 4 aromatic rings. The van der Waals surface area contributed by atoms with E-state index in [0.29, 0.717) is 37.2 Å². The molecule has 7 nitrogen and oxygen atoms in total. The molecule has 0 aliphatic rings. The summed E-state index contributed by atoms with van der Waals surface area (Å²) in [6, 6.07) is 32.1. The van der Waals surface area contributed by atoms with Gasteiger partial charge in [-0.2, -0.15) is 0 Å². The lowest BCUT2D eigenvalue weighted by Crippen LogP contribution is -2.48. The molecule has 0 aromatic heterocycles. The summed E-state index contributed by atoms with van der Waals surface area (Å²) in [5.74, 6) is 0.340. The van der Waals surface area contributed by atoms with Crippen molar-refractivity contribution in [2.75, 3.05) is 26.7 Å². The molecule has 236 valence electrons. The van der Waals surface area contributed by atoms with Crippen molar-refractivity contribution in [3.05, 3.63) is 125 Å². The minimum atomic E-state index is -0.872. The van der Waals surface area contributed by atoms with E-state index in [4.69, 9.17) is 4.74 Å². The highest BCUT2D eigenvalue weighted by Crippen LogP contribution is 2.24. The van der Waals surface area contributed by atoms with E-state index in [-0.39, 0.29) is 18.4 Å². The fourth-order valence-corrected chi connectivity index (χ4v) is 5.41. The lowest BCUT2D eigenvalue weighted by molar-refractivity contribution is 0.0755. The number of carbonyl (C=O) groups excluding carboxylic acids is 2. The van der Waals surface area contributed by atoms with Gasteiger partial charge < -0.3 is 25.4 Å². The third-order valence-corrected chi connectivity index (χ3v) is 7.72. The first kappa shape index (κ1) is 33.4. The van der Waals surface area contributed by atoms with Gasteiger partial charge in [0, 0.05) is 37.3 Å². The van der Waals surface area contributed by atoms with Crippen LogP contribution >= 0.6 is 0 Å². The average molecular weight is 608 g/mol. The quantitative estimate of drug-likeness (QED) is 0.143. The zero-order chi connectivity index (χ0) is 32.0. The molecular weight excluding hydrogens is 562 g/mol. The Bertz CT molecular complexity index is 1500. The standard InChI is InChI=1S/C38H45N3O4/c1-4-19-41(20-5-2)38(44)33-24-31(30-16-10-7-11-17-30)23-32(25-33)37(43)40-35(22-28-13-8-6-9-14-28)36(42)27-39-26-29-15-12-18-34(21-29)45-3/h6-18,21,23-25,35-36,39,42H,4-5,19-20,22,26-27H2,1-3H3,(H,40,43)/t35-,36+/m0/s1. The predicted octanol–water partition coefficient (Wildman–Crippen LogP) is 6.12. The highest BCUT2D eigenvalue weighted by atomic mass is 16.5. The summed E-state index contributed by atoms with van der Waals surface area (Å²) in [5, 5.41) is 17.8. The van der Waals surface area contributed by atoms with Gasteiger partial charge in [0.1, 0.15) is 5.75 Å². The fourth-order valence-electron chi connectivity index (χ4n) is 5.41. The molecule has 2 amide bonds. The first-order valence-electron chi connectivity index (χ1n) is 15.8. The molecule has 0 unspecified atom stereocenters. The summed E-state index contributed by atoms with van der Waals surface area (Å²) >= 11 is 0. The third-order valence-electron chi connectivity index (χ3n) is 7.72. The predicted molar refractivity (Wildman–Crippen MR) is 180 cm³/mol. The highest BCUT2D eigenvalue weighted by molar-refractivity contribution is 6.01. The van der Waals surface area contributed by atoms with Crippen LogP contribution in [-0.2, 0) is 13.0 Å². The molecular formula is C38H45N3O4. The van der Waals surface area contributed by atoms with Crippen molar-refractivity contribution in [1.29, 1.82) is 0 Å². The number of benzene rings is 4. The van der Waals surface area contributed by atoms with Gasteiger partial charge in [0.2, 0.25) is 0 Å². The Morgan fingerprint density at radius 3 is 2.09 bits per heavy atom. The number of ether oxygens (including phenoxy) is 1. The molecule has 0 saturated carbocycles. The summed E-state index contributed by atoms with van der Waals surface area (Å²) in [6.45, 7) is 6.22. The van der Waals surface area contributed by atoms with E-state index >= 15 is 0 Å². The molecule has 4 rings (SSSR count). The second kappa shape index (κ2) is 17.1. The van der Waals surface area contributed by atoms with Crippen LogP contribution in [0, 0.1) is 0 Å². The molecule has 0 aliphatic carbocycles. The maximum atomic E-state index is 13.9. The van der Waals surface area contributed by atoms with Crippen LogP contribution in [0.1, 0.15) is 58.5 Å². The van der Waals surface area contributed by atoms with Gasteiger partial charge in [-0.25, -0.2) is 0 Å². The summed E-state index contributed by atoms with van der Waals surface area (Å²) in [7, 11) is 1.63. The number of carbonyl (C=O) groups is 2. The molecule has 0 saturated heterocycles. The number of nitrogens with one attached hydrogen (secondary N) is 2. The second-order valence-electron chi connectivity index (χ2n) is 11.3. The van der Waals surface area contributed by atoms with Crippen molar-refractivity contribution in [2.24, 2.45) is 0 Å². The summed E-state index contributed by atoms with van der Waals surface area (Å²) in [4.78, 5) is 29.4. The van der Waals surface area contributed by atoms with E-state index in [2.05, 4.69) is 24.5 Å². The molecule has 0 radical (unpaired) electrons. The number of hydrogen-bond donors (Lipinski definition) is 3. The number of aliphatic hydroxyl groups excluding tert-OH is 1. The van der Waals surface area contributed by atoms with Crippen LogP contribution < -0.4 is 15.4 Å². The number of nitrogens with zero attached hydrogens (tertiary/aromatic N) is 1. The molecule has 0 spiro atoms. The maximum Gasteiger partial charge on any atom is 0.253 e. The van der Waals surface area contributed by atoms with Gasteiger partial charge in [-0.3, -0.25) is 9.59 Å². The summed E-state index contributed by atoms with van der Waals surface area (Å²) in [6.07, 6.45) is 1.27. The smallest absolute Gasteiger partial charge is 0.253 e. The van der Waals surface area contributed by atoms with Crippen molar-refractivity contribution < 1.29 is 19.4 Å². The Morgan fingerprint density at radius 1 is 0.778 bits per heavy atom. The van der Waals surface area contributed by atoms with E-state index in [1.54, 1.807) is 13.2 Å². The van der Waals surface area contributed by atoms with Crippen LogP contribution in [0.2, 0.25) is 0 Å². The maximum absolute atomic E-state index is 13.9. The molecule has 0 fully saturated rings. The van der Waals surface area contributed by atoms with Gasteiger partial charge >= 0.3 is 0 Å². The van der Waals surface area contributed by atoms with Crippen LogP contribution in [0.4, 0.5) is 0 Å². The second-order valence-corrected chi connectivity index (χ2v) is 11.3. The Morgan fingerprint density at radius 2 is 1.42 bits per heavy atom. The minimum Gasteiger partial charge on any atom is -0.497 e. The van der Waals surface area contributed by atoms with Crippen molar-refractivity contribution >= 4 is 11.8 Å². The lowest BCUT2D eigenvalue weighted by atomic mass is 9.97. The zero-order valence-corrected chi connectivity index (χ0v) is 26.5. The molecule has 2 atom stereocenters. The van der Waals surface area contributed by atoms with Crippen molar-refractivity contribution in [2.45, 2.75) is 51.8 Å². The van der Waals surface area contributed by atoms with Crippen molar-refractivity contribution in [3.63, 3.8) is 0 Å². The fraction of sp³-hybridized carbons (Fsp3) is 0.316. The van der Waals surface area contributed by atoms with Crippen molar-refractivity contribution in [3.8, 4) is 16.9 Å². The van der Waals surface area contributed by atoms with E-state index in [1.165, 1.54) is 0 Å². The van der Waals surface area contributed by atoms with E-state index in [1.807, 2.05) is 102 Å². The molecule has 0 bridgehead atoms. The number of amides is 2. The molecule has 3 N–H and O–H groups in total. The van der Waals surface area contributed by atoms with Crippen LogP contribution in [-0.4, -0.2) is 60.7 Å². The summed E-state index contributed by atoms with van der Waals surface area (Å²) in [5.41, 5.74) is 4.59. The van der Waals surface area contributed by atoms with Crippen LogP contribution in [0.3, 0.4) is 0 Å². The zero-order valence-electron chi connectivity index (χ0n) is 26.5. The van der Waals surface area contributed by atoms with Crippen LogP contribution in [0.5, 0.6) is 5.75 Å². The Labute approximate surface area is 267 Å². The highest BCUT2D eigenvalue weighted by Gasteiger charge is 2.24. The van der Waals surface area contributed by atoms with Gasteiger partial charge in [0.25, 0.3) is 11.8 Å². The molecule has 7 heteroatoms. The minimum absolute atomic E-state index is 0.0897. The third kappa shape index (κ3) is 9.76. The Kier molecular flexibility index (Phi) is 12.7. The van der Waals surface area contributed by atoms with Crippen molar-refractivity contribution in [1.82, 2.24) is 15.5 Å². The monoisotopic (exact) mass is 607 g/mol. The Balaban J connectivity index is 1.59. The first-order chi connectivity index (χ1) is 21.9. The molecule has 0 heterocycles. The summed E-state index contributed by atoms with van der Waals surface area (Å²) < 4.78 is 5.32. The van der Waals surface area contributed by atoms with Crippen LogP contribution in [0.25, 0.3) is 11.1 Å². The number of hydrogen-bond acceptors (Lipinski definition) is 5. The van der Waals surface area contributed by atoms with Gasteiger partial charge in [-0.05, 0) is 71.8 Å². The largest absolute Gasteiger partial charge is 0.497 e. The molecule has 0 aliphatic heterocycles. The van der Waals surface area contributed by atoms with E-state index in [0.717, 1.165) is 40.8 Å². The first-order valence-corrected chi connectivity index (χ1v) is 15.8. The lowest BCUT2D eigenvalue weighted by Gasteiger charge is -2.26. The molecule has 45 heavy (non-hydrogen) atoms. The average Bonchev–Trinajstić information content (AvgIpc) is 3.08. The van der Waals surface area contributed by atoms with E-state index in [9.17, 15) is 14.7 Å². The number of methoxy groups -OCH3 is 1. The van der Waals surface area contributed by atoms with Gasteiger partial charge in [-0.1, -0.05) is 86.6 Å². The normalized spacial score (nSPS) is 12.3. The SMILES string of the molecule is CCCN(CCC)C(=O)c1cc(C(=O)N[C@@H](Cc2ccccc2)[C@H](O)CNCc2cccc(OC)c2)cc(-c2ccccc2)c1. The van der Waals surface area contributed by atoms with Gasteiger partial charge in [-0.15, -0.1) is 0 Å². The van der Waals surface area contributed by atoms with Crippen LogP contribution in [0.15, 0.2) is 103 Å².